The van der Waals surface area contributed by atoms with E-state index in [0.717, 1.165) is 60.4 Å². The number of nitrogens with zero attached hydrogens (tertiary/aromatic N) is 3. The second-order valence-corrected chi connectivity index (χ2v) is 9.60. The summed E-state index contributed by atoms with van der Waals surface area (Å²) in [4.78, 5) is 20.1. The third-order valence-electron chi connectivity index (χ3n) is 7.06. The maximum atomic E-state index is 13.1. The van der Waals surface area contributed by atoms with Crippen molar-refractivity contribution in [3.05, 3.63) is 65.2 Å². The van der Waals surface area contributed by atoms with Crippen LogP contribution in [0.4, 0.5) is 0 Å². The summed E-state index contributed by atoms with van der Waals surface area (Å²) < 4.78 is 7.86. The fourth-order valence-electron chi connectivity index (χ4n) is 5.44. The number of hydrogen-bond donors (Lipinski definition) is 0. The van der Waals surface area contributed by atoms with Crippen molar-refractivity contribution in [1.29, 1.82) is 0 Å². The molecule has 0 saturated carbocycles. The Labute approximate surface area is 196 Å². The van der Waals surface area contributed by atoms with E-state index in [1.54, 1.807) is 0 Å². The Morgan fingerprint density at radius 1 is 1.09 bits per heavy atom. The van der Waals surface area contributed by atoms with Gasteiger partial charge in [0.1, 0.15) is 0 Å². The van der Waals surface area contributed by atoms with Gasteiger partial charge in [-0.25, -0.2) is 4.79 Å². The molecule has 0 spiro atoms. The minimum Gasteiger partial charge on any atom is -0.459 e. The lowest BCUT2D eigenvalue weighted by Gasteiger charge is -2.32. The Morgan fingerprint density at radius 3 is 2.64 bits per heavy atom. The van der Waals surface area contributed by atoms with E-state index < -0.39 is 0 Å². The summed E-state index contributed by atoms with van der Waals surface area (Å²) in [6.45, 7) is 12.3. The maximum Gasteiger partial charge on any atom is 0.338 e. The Morgan fingerprint density at radius 2 is 1.88 bits per heavy atom. The summed E-state index contributed by atoms with van der Waals surface area (Å²) in [6, 6.07) is 6.29. The van der Waals surface area contributed by atoms with E-state index in [1.807, 2.05) is 33.0 Å². The SMILES string of the molecule is C=C(c1c(C)c(C(=O)OC(C)C)cc2c(-c3ccnc4c3CCC4)ccn12)N1CCCCC1. The summed E-state index contributed by atoms with van der Waals surface area (Å²) >= 11 is 0. The minimum atomic E-state index is -0.273. The molecule has 0 radical (unpaired) electrons. The predicted octanol–water partition coefficient (Wildman–Crippen LogP) is 5.82. The van der Waals surface area contributed by atoms with Crippen LogP contribution < -0.4 is 0 Å². The van der Waals surface area contributed by atoms with E-state index in [4.69, 9.17) is 4.74 Å². The molecule has 3 aromatic rings. The Balaban J connectivity index is 1.72. The first-order valence-electron chi connectivity index (χ1n) is 12.2. The van der Waals surface area contributed by atoms with Crippen LogP contribution in [0.1, 0.15) is 72.4 Å². The largest absolute Gasteiger partial charge is 0.459 e. The number of carbonyl (C=O) groups excluding carboxylic acids is 1. The van der Waals surface area contributed by atoms with Crippen molar-refractivity contribution in [2.24, 2.45) is 0 Å². The van der Waals surface area contributed by atoms with Gasteiger partial charge in [-0.1, -0.05) is 6.58 Å². The molecule has 3 aromatic heterocycles. The van der Waals surface area contributed by atoms with E-state index in [-0.39, 0.29) is 12.1 Å². The fourth-order valence-corrected chi connectivity index (χ4v) is 5.44. The highest BCUT2D eigenvalue weighted by molar-refractivity contribution is 5.97. The van der Waals surface area contributed by atoms with Crippen molar-refractivity contribution in [2.45, 2.75) is 65.4 Å². The molecular formula is C28H33N3O2. The van der Waals surface area contributed by atoms with Gasteiger partial charge in [0, 0.05) is 36.7 Å². The molecule has 0 bridgehead atoms. The predicted molar refractivity (Wildman–Crippen MR) is 132 cm³/mol. The zero-order chi connectivity index (χ0) is 23.1. The van der Waals surface area contributed by atoms with Crippen LogP contribution in [0.15, 0.2) is 37.2 Å². The van der Waals surface area contributed by atoms with Gasteiger partial charge >= 0.3 is 5.97 Å². The summed E-state index contributed by atoms with van der Waals surface area (Å²) in [6.07, 6.45) is 10.7. The first-order valence-corrected chi connectivity index (χ1v) is 12.2. The molecule has 172 valence electrons. The molecule has 4 heterocycles. The molecule has 0 atom stereocenters. The van der Waals surface area contributed by atoms with Gasteiger partial charge in [-0.05, 0) is 94.2 Å². The van der Waals surface area contributed by atoms with Gasteiger partial charge in [0.25, 0.3) is 0 Å². The number of piperidine rings is 1. The molecule has 5 rings (SSSR count). The number of fused-ring (bicyclic) bond motifs is 2. The lowest BCUT2D eigenvalue weighted by atomic mass is 9.98. The van der Waals surface area contributed by atoms with Crippen molar-refractivity contribution in [3.8, 4) is 11.1 Å². The number of rotatable bonds is 5. The van der Waals surface area contributed by atoms with Crippen LogP contribution >= 0.6 is 0 Å². The monoisotopic (exact) mass is 443 g/mol. The lowest BCUT2D eigenvalue weighted by molar-refractivity contribution is 0.0377. The van der Waals surface area contributed by atoms with Crippen LogP contribution in [0.25, 0.3) is 22.3 Å². The number of ether oxygens (including phenoxy) is 1. The van der Waals surface area contributed by atoms with Crippen LogP contribution in [0.5, 0.6) is 0 Å². The van der Waals surface area contributed by atoms with E-state index in [2.05, 4.69) is 39.2 Å². The van der Waals surface area contributed by atoms with Crippen LogP contribution in [-0.2, 0) is 17.6 Å². The number of likely N-dealkylation sites (tertiary alicyclic amines) is 1. The van der Waals surface area contributed by atoms with E-state index in [0.29, 0.717) is 5.56 Å². The molecule has 2 aliphatic rings. The smallest absolute Gasteiger partial charge is 0.338 e. The molecule has 1 fully saturated rings. The van der Waals surface area contributed by atoms with E-state index in [9.17, 15) is 4.79 Å². The van der Waals surface area contributed by atoms with Gasteiger partial charge in [0.05, 0.1) is 28.6 Å². The fraction of sp³-hybridized carbons (Fsp3) is 0.429. The van der Waals surface area contributed by atoms with Crippen molar-refractivity contribution >= 4 is 17.2 Å². The number of hydrogen-bond acceptors (Lipinski definition) is 4. The van der Waals surface area contributed by atoms with Crippen molar-refractivity contribution in [2.75, 3.05) is 13.1 Å². The average molecular weight is 444 g/mol. The zero-order valence-electron chi connectivity index (χ0n) is 20.0. The van der Waals surface area contributed by atoms with Crippen molar-refractivity contribution in [1.82, 2.24) is 14.3 Å². The molecule has 0 amide bonds. The number of carbonyl (C=O) groups is 1. The van der Waals surface area contributed by atoms with Crippen LogP contribution in [0.3, 0.4) is 0 Å². The quantitative estimate of drug-likeness (QED) is 0.466. The Hall–Kier alpha value is -3.08. The summed E-state index contributed by atoms with van der Waals surface area (Å²) in [5.41, 5.74) is 9.46. The van der Waals surface area contributed by atoms with Gasteiger partial charge in [-0.3, -0.25) is 4.98 Å². The van der Waals surface area contributed by atoms with Crippen LogP contribution in [0, 0.1) is 6.92 Å². The average Bonchev–Trinajstić information content (AvgIpc) is 3.45. The molecule has 1 saturated heterocycles. The maximum absolute atomic E-state index is 13.1. The summed E-state index contributed by atoms with van der Waals surface area (Å²) in [5.74, 6) is -0.273. The highest BCUT2D eigenvalue weighted by atomic mass is 16.5. The first kappa shape index (κ1) is 21.7. The third-order valence-corrected chi connectivity index (χ3v) is 7.06. The topological polar surface area (TPSA) is 46.8 Å². The highest BCUT2D eigenvalue weighted by Gasteiger charge is 2.25. The second-order valence-electron chi connectivity index (χ2n) is 9.60. The van der Waals surface area contributed by atoms with Crippen LogP contribution in [0.2, 0.25) is 0 Å². The molecule has 1 aliphatic carbocycles. The van der Waals surface area contributed by atoms with Gasteiger partial charge in [0.15, 0.2) is 0 Å². The summed E-state index contributed by atoms with van der Waals surface area (Å²) in [7, 11) is 0. The van der Waals surface area contributed by atoms with Gasteiger partial charge in [-0.15, -0.1) is 0 Å². The molecule has 5 heteroatoms. The van der Waals surface area contributed by atoms with Crippen molar-refractivity contribution < 1.29 is 9.53 Å². The molecule has 0 aromatic carbocycles. The number of aromatic nitrogens is 2. The van der Waals surface area contributed by atoms with E-state index in [1.165, 1.54) is 36.1 Å². The third kappa shape index (κ3) is 3.84. The Bertz CT molecular complexity index is 1230. The van der Waals surface area contributed by atoms with Crippen LogP contribution in [-0.4, -0.2) is 39.4 Å². The first-order chi connectivity index (χ1) is 16.0. The van der Waals surface area contributed by atoms with E-state index >= 15 is 0 Å². The standard InChI is InChI=1S/C28H33N3O2/c1-18(2)33-28(32)24-17-26-23(21-11-13-29-25-10-8-9-22(21)25)12-16-31(26)27(19(24)3)20(4)30-14-6-5-7-15-30/h11-13,16-18H,4-10,14-15H2,1-3H3. The van der Waals surface area contributed by atoms with Gasteiger partial charge in [-0.2, -0.15) is 0 Å². The molecule has 1 aliphatic heterocycles. The molecule has 33 heavy (non-hydrogen) atoms. The zero-order valence-corrected chi connectivity index (χ0v) is 20.0. The van der Waals surface area contributed by atoms with Gasteiger partial charge < -0.3 is 14.0 Å². The number of pyridine rings is 2. The van der Waals surface area contributed by atoms with Crippen molar-refractivity contribution in [3.63, 3.8) is 0 Å². The number of esters is 1. The van der Waals surface area contributed by atoms with Gasteiger partial charge in [0.2, 0.25) is 0 Å². The molecule has 0 unspecified atom stereocenters. The minimum absolute atomic E-state index is 0.170. The molecular weight excluding hydrogens is 410 g/mol. The normalized spacial score (nSPS) is 15.8. The lowest BCUT2D eigenvalue weighted by Crippen LogP contribution is -2.29. The summed E-state index contributed by atoms with van der Waals surface area (Å²) in [5, 5.41) is 0. The second kappa shape index (κ2) is 8.69. The molecule has 5 nitrogen and oxygen atoms in total. The number of aryl methyl sites for hydroxylation is 1. The molecule has 0 N–H and O–H groups in total. The highest BCUT2D eigenvalue weighted by Crippen LogP contribution is 2.37. The Kier molecular flexibility index (Phi) is 5.73.